The Kier molecular flexibility index (Phi) is 6.97. The number of rotatable bonds is 8. The Morgan fingerprint density at radius 1 is 1.22 bits per heavy atom. The van der Waals surface area contributed by atoms with E-state index in [2.05, 4.69) is 32.1 Å². The van der Waals surface area contributed by atoms with Gasteiger partial charge in [-0.05, 0) is 25.5 Å². The number of imidazole rings is 1. The molecule has 1 heterocycles. The van der Waals surface area contributed by atoms with Crippen LogP contribution in [0.2, 0.25) is 0 Å². The maximum Gasteiger partial charge on any atom is 0.191 e. The SMILES string of the molecule is CN=C(NCCCn1ccnc1)NCCOc1ccc(C)cc1. The molecule has 0 aliphatic carbocycles. The first kappa shape index (κ1) is 16.9. The summed E-state index contributed by atoms with van der Waals surface area (Å²) in [5, 5.41) is 6.53. The minimum atomic E-state index is 0.596. The molecule has 0 fully saturated rings. The van der Waals surface area contributed by atoms with Gasteiger partial charge in [0.15, 0.2) is 5.96 Å². The molecule has 6 nitrogen and oxygen atoms in total. The first-order chi connectivity index (χ1) is 11.3. The van der Waals surface area contributed by atoms with E-state index >= 15 is 0 Å². The zero-order valence-corrected chi connectivity index (χ0v) is 13.8. The monoisotopic (exact) mass is 315 g/mol. The zero-order valence-electron chi connectivity index (χ0n) is 13.8. The molecule has 23 heavy (non-hydrogen) atoms. The highest BCUT2D eigenvalue weighted by molar-refractivity contribution is 5.79. The Morgan fingerprint density at radius 3 is 2.70 bits per heavy atom. The number of hydrogen-bond acceptors (Lipinski definition) is 3. The number of aryl methyl sites for hydroxylation is 2. The number of nitrogens with zero attached hydrogens (tertiary/aromatic N) is 3. The van der Waals surface area contributed by atoms with Gasteiger partial charge in [-0.1, -0.05) is 17.7 Å². The molecular weight excluding hydrogens is 290 g/mol. The number of ether oxygens (including phenoxy) is 1. The molecule has 0 spiro atoms. The number of aliphatic imine (C=N–C) groups is 1. The van der Waals surface area contributed by atoms with Crippen molar-refractivity contribution in [2.24, 2.45) is 4.99 Å². The standard InChI is InChI=1S/C17H25N5O/c1-15-4-6-16(7-5-15)23-13-10-21-17(18-2)20-8-3-11-22-12-9-19-14-22/h4-7,9,12,14H,3,8,10-11,13H2,1-2H3,(H2,18,20,21). The van der Waals surface area contributed by atoms with E-state index in [0.717, 1.165) is 31.2 Å². The van der Waals surface area contributed by atoms with Gasteiger partial charge in [-0.25, -0.2) is 4.98 Å². The van der Waals surface area contributed by atoms with Crippen LogP contribution in [-0.2, 0) is 6.54 Å². The lowest BCUT2D eigenvalue weighted by Gasteiger charge is -2.12. The second-order valence-electron chi connectivity index (χ2n) is 5.24. The lowest BCUT2D eigenvalue weighted by Crippen LogP contribution is -2.39. The van der Waals surface area contributed by atoms with Gasteiger partial charge in [-0.15, -0.1) is 0 Å². The molecule has 0 aliphatic rings. The molecule has 0 radical (unpaired) electrons. The number of benzene rings is 1. The maximum absolute atomic E-state index is 5.67. The summed E-state index contributed by atoms with van der Waals surface area (Å²) in [6.45, 7) is 5.17. The molecule has 0 amide bonds. The molecule has 0 saturated heterocycles. The topological polar surface area (TPSA) is 63.5 Å². The van der Waals surface area contributed by atoms with Crippen molar-refractivity contribution in [2.45, 2.75) is 19.9 Å². The van der Waals surface area contributed by atoms with E-state index in [1.807, 2.05) is 36.8 Å². The minimum absolute atomic E-state index is 0.596. The van der Waals surface area contributed by atoms with E-state index < -0.39 is 0 Å². The van der Waals surface area contributed by atoms with E-state index in [1.165, 1.54) is 5.56 Å². The fourth-order valence-corrected chi connectivity index (χ4v) is 2.08. The zero-order chi connectivity index (χ0) is 16.3. The number of nitrogens with one attached hydrogen (secondary N) is 2. The summed E-state index contributed by atoms with van der Waals surface area (Å²) in [5.74, 6) is 1.68. The first-order valence-corrected chi connectivity index (χ1v) is 7.87. The molecule has 0 saturated carbocycles. The van der Waals surface area contributed by atoms with Crippen LogP contribution in [0.1, 0.15) is 12.0 Å². The third-order valence-electron chi connectivity index (χ3n) is 3.35. The van der Waals surface area contributed by atoms with Crippen molar-refractivity contribution in [1.29, 1.82) is 0 Å². The minimum Gasteiger partial charge on any atom is -0.492 e. The van der Waals surface area contributed by atoms with Gasteiger partial charge in [-0.3, -0.25) is 4.99 Å². The van der Waals surface area contributed by atoms with Crippen LogP contribution in [0.3, 0.4) is 0 Å². The van der Waals surface area contributed by atoms with Crippen LogP contribution in [-0.4, -0.2) is 42.3 Å². The summed E-state index contributed by atoms with van der Waals surface area (Å²) in [5.41, 5.74) is 1.23. The summed E-state index contributed by atoms with van der Waals surface area (Å²) in [4.78, 5) is 8.22. The van der Waals surface area contributed by atoms with Gasteiger partial charge in [0.25, 0.3) is 0 Å². The Balaban J connectivity index is 1.56. The van der Waals surface area contributed by atoms with Crippen LogP contribution < -0.4 is 15.4 Å². The van der Waals surface area contributed by atoms with Crippen LogP contribution >= 0.6 is 0 Å². The molecule has 2 N–H and O–H groups in total. The van der Waals surface area contributed by atoms with Gasteiger partial charge in [0.2, 0.25) is 0 Å². The van der Waals surface area contributed by atoms with Crippen LogP contribution in [0.25, 0.3) is 0 Å². The molecule has 1 aromatic heterocycles. The van der Waals surface area contributed by atoms with Crippen LogP contribution in [0.15, 0.2) is 48.0 Å². The third kappa shape index (κ3) is 6.42. The Labute approximate surface area is 137 Å². The molecule has 6 heteroatoms. The average Bonchev–Trinajstić information content (AvgIpc) is 3.08. The van der Waals surface area contributed by atoms with Crippen molar-refractivity contribution >= 4 is 5.96 Å². The summed E-state index contributed by atoms with van der Waals surface area (Å²) in [7, 11) is 1.77. The molecule has 0 atom stereocenters. The van der Waals surface area contributed by atoms with Crippen molar-refractivity contribution in [3.8, 4) is 5.75 Å². The first-order valence-electron chi connectivity index (χ1n) is 7.87. The van der Waals surface area contributed by atoms with Gasteiger partial charge < -0.3 is 19.9 Å². The molecule has 0 bridgehead atoms. The van der Waals surface area contributed by atoms with E-state index in [1.54, 1.807) is 13.2 Å². The van der Waals surface area contributed by atoms with E-state index in [0.29, 0.717) is 13.2 Å². The van der Waals surface area contributed by atoms with Crippen molar-refractivity contribution in [3.05, 3.63) is 48.5 Å². The third-order valence-corrected chi connectivity index (χ3v) is 3.35. The van der Waals surface area contributed by atoms with E-state index in [4.69, 9.17) is 4.74 Å². The number of hydrogen-bond donors (Lipinski definition) is 2. The summed E-state index contributed by atoms with van der Waals surface area (Å²) in [6.07, 6.45) is 6.60. The summed E-state index contributed by atoms with van der Waals surface area (Å²) < 4.78 is 7.74. The average molecular weight is 315 g/mol. The molecule has 124 valence electrons. The van der Waals surface area contributed by atoms with Crippen molar-refractivity contribution < 1.29 is 4.74 Å². The highest BCUT2D eigenvalue weighted by atomic mass is 16.5. The quantitative estimate of drug-likeness (QED) is 0.443. The van der Waals surface area contributed by atoms with Gasteiger partial charge in [-0.2, -0.15) is 0 Å². The second-order valence-corrected chi connectivity index (χ2v) is 5.24. The van der Waals surface area contributed by atoms with Gasteiger partial charge in [0, 0.05) is 32.5 Å². The van der Waals surface area contributed by atoms with Gasteiger partial charge in [0.05, 0.1) is 12.9 Å². The normalized spacial score (nSPS) is 11.3. The van der Waals surface area contributed by atoms with Gasteiger partial charge >= 0.3 is 0 Å². The molecule has 2 aromatic rings. The Morgan fingerprint density at radius 2 is 2.00 bits per heavy atom. The molecule has 0 unspecified atom stereocenters. The predicted octanol–water partition coefficient (Wildman–Crippen LogP) is 1.83. The highest BCUT2D eigenvalue weighted by Crippen LogP contribution is 2.10. The lowest BCUT2D eigenvalue weighted by molar-refractivity contribution is 0.322. The molecule has 1 aromatic carbocycles. The number of aromatic nitrogens is 2. The molecule has 2 rings (SSSR count). The molecular formula is C17H25N5O. The Bertz CT molecular complexity index is 578. The molecule has 0 aliphatic heterocycles. The van der Waals surface area contributed by atoms with Gasteiger partial charge in [0.1, 0.15) is 12.4 Å². The predicted molar refractivity (Wildman–Crippen MR) is 92.9 cm³/mol. The largest absolute Gasteiger partial charge is 0.492 e. The van der Waals surface area contributed by atoms with Crippen molar-refractivity contribution in [3.63, 3.8) is 0 Å². The van der Waals surface area contributed by atoms with Crippen LogP contribution in [0.5, 0.6) is 5.75 Å². The second kappa shape index (κ2) is 9.50. The fourth-order valence-electron chi connectivity index (χ4n) is 2.08. The number of guanidine groups is 1. The summed E-state index contributed by atoms with van der Waals surface area (Å²) in [6, 6.07) is 8.06. The highest BCUT2D eigenvalue weighted by Gasteiger charge is 1.98. The smallest absolute Gasteiger partial charge is 0.191 e. The fraction of sp³-hybridized carbons (Fsp3) is 0.412. The Hall–Kier alpha value is -2.50. The summed E-state index contributed by atoms with van der Waals surface area (Å²) >= 11 is 0. The lowest BCUT2D eigenvalue weighted by atomic mass is 10.2. The van der Waals surface area contributed by atoms with Crippen molar-refractivity contribution in [1.82, 2.24) is 20.2 Å². The van der Waals surface area contributed by atoms with Crippen molar-refractivity contribution in [2.75, 3.05) is 26.7 Å². The van der Waals surface area contributed by atoms with Crippen LogP contribution in [0, 0.1) is 6.92 Å². The van der Waals surface area contributed by atoms with E-state index in [9.17, 15) is 0 Å². The van der Waals surface area contributed by atoms with Crippen LogP contribution in [0.4, 0.5) is 0 Å². The maximum atomic E-state index is 5.67. The van der Waals surface area contributed by atoms with E-state index in [-0.39, 0.29) is 0 Å².